The van der Waals surface area contributed by atoms with E-state index in [9.17, 15) is 4.79 Å². The van der Waals surface area contributed by atoms with E-state index >= 15 is 0 Å². The third-order valence-corrected chi connectivity index (χ3v) is 3.95. The maximum atomic E-state index is 12.7. The SMILES string of the molecule is CCOc1cc(/C=N/NC(=O)/C(=C\c2ccccc2)NN=NC/C(N)=N\ONC)ccc1OC. The summed E-state index contributed by atoms with van der Waals surface area (Å²) in [5.74, 6) is 0.745. The molecular formula is C22H28N8O4. The highest BCUT2D eigenvalue weighted by Gasteiger charge is 2.09. The number of amidine groups is 1. The monoisotopic (exact) mass is 468 g/mol. The Hall–Kier alpha value is -4.45. The molecule has 0 heterocycles. The number of hydrogen-bond acceptors (Lipinski definition) is 9. The molecule has 0 fully saturated rings. The average molecular weight is 469 g/mol. The molecule has 5 N–H and O–H groups in total. The van der Waals surface area contributed by atoms with Gasteiger partial charge in [-0.15, -0.1) is 5.48 Å². The van der Waals surface area contributed by atoms with Gasteiger partial charge in [0.05, 0.1) is 19.9 Å². The van der Waals surface area contributed by atoms with E-state index in [4.69, 9.17) is 15.2 Å². The van der Waals surface area contributed by atoms with Crippen molar-refractivity contribution in [2.75, 3.05) is 27.3 Å². The van der Waals surface area contributed by atoms with Crippen molar-refractivity contribution in [2.45, 2.75) is 6.92 Å². The summed E-state index contributed by atoms with van der Waals surface area (Å²) in [5.41, 5.74) is 14.6. The van der Waals surface area contributed by atoms with E-state index in [1.165, 1.54) is 13.3 Å². The van der Waals surface area contributed by atoms with Gasteiger partial charge in [0.2, 0.25) is 0 Å². The van der Waals surface area contributed by atoms with Gasteiger partial charge in [-0.2, -0.15) is 10.2 Å². The van der Waals surface area contributed by atoms with Gasteiger partial charge in [0.25, 0.3) is 5.91 Å². The first-order valence-corrected chi connectivity index (χ1v) is 10.3. The molecular weight excluding hydrogens is 440 g/mol. The molecule has 1 amide bonds. The van der Waals surface area contributed by atoms with Gasteiger partial charge in [0.15, 0.2) is 17.3 Å². The van der Waals surface area contributed by atoms with Crippen molar-refractivity contribution in [3.05, 3.63) is 65.4 Å². The van der Waals surface area contributed by atoms with Crippen molar-refractivity contribution in [2.24, 2.45) is 26.3 Å². The topological polar surface area (TPSA) is 156 Å². The van der Waals surface area contributed by atoms with Gasteiger partial charge < -0.3 is 15.2 Å². The quantitative estimate of drug-likeness (QED) is 0.115. The van der Waals surface area contributed by atoms with Crippen molar-refractivity contribution in [3.63, 3.8) is 0 Å². The number of oxime groups is 1. The van der Waals surface area contributed by atoms with E-state index < -0.39 is 5.91 Å². The summed E-state index contributed by atoms with van der Waals surface area (Å²) < 4.78 is 10.8. The third-order valence-electron chi connectivity index (χ3n) is 3.95. The lowest BCUT2D eigenvalue weighted by molar-refractivity contribution is -0.117. The number of nitrogens with one attached hydrogen (secondary N) is 3. The summed E-state index contributed by atoms with van der Waals surface area (Å²) in [5, 5.41) is 15.2. The zero-order valence-electron chi connectivity index (χ0n) is 19.2. The van der Waals surface area contributed by atoms with Crippen LogP contribution < -0.4 is 31.5 Å². The van der Waals surface area contributed by atoms with Crippen molar-refractivity contribution >= 4 is 24.0 Å². The van der Waals surface area contributed by atoms with E-state index in [0.29, 0.717) is 23.7 Å². The van der Waals surface area contributed by atoms with Crippen molar-refractivity contribution in [1.29, 1.82) is 0 Å². The molecule has 0 saturated carbocycles. The van der Waals surface area contributed by atoms with Gasteiger partial charge in [-0.3, -0.25) is 15.2 Å². The summed E-state index contributed by atoms with van der Waals surface area (Å²) in [7, 11) is 3.10. The lowest BCUT2D eigenvalue weighted by Gasteiger charge is -2.09. The highest BCUT2D eigenvalue weighted by Crippen LogP contribution is 2.27. The maximum Gasteiger partial charge on any atom is 0.289 e. The van der Waals surface area contributed by atoms with Crippen LogP contribution >= 0.6 is 0 Å². The predicted octanol–water partition coefficient (Wildman–Crippen LogP) is 1.97. The summed E-state index contributed by atoms with van der Waals surface area (Å²) in [4.78, 5) is 17.3. The van der Waals surface area contributed by atoms with Crippen LogP contribution in [0.25, 0.3) is 6.08 Å². The number of nitrogens with two attached hydrogens (primary N) is 1. The molecule has 0 saturated heterocycles. The van der Waals surface area contributed by atoms with Crippen molar-refractivity contribution in [1.82, 2.24) is 16.3 Å². The number of carbonyl (C=O) groups is 1. The first-order chi connectivity index (χ1) is 16.6. The molecule has 2 aromatic carbocycles. The number of amides is 1. The largest absolute Gasteiger partial charge is 0.493 e. The zero-order valence-corrected chi connectivity index (χ0v) is 19.2. The molecule has 0 spiro atoms. The van der Waals surface area contributed by atoms with Crippen LogP contribution in [-0.2, 0) is 9.73 Å². The number of hydrogen-bond donors (Lipinski definition) is 4. The van der Waals surface area contributed by atoms with Crippen LogP contribution in [0, 0.1) is 0 Å². The van der Waals surface area contributed by atoms with Crippen LogP contribution in [0.15, 0.2) is 74.8 Å². The average Bonchev–Trinajstić information content (AvgIpc) is 2.85. The van der Waals surface area contributed by atoms with E-state index in [1.807, 2.05) is 37.3 Å². The second-order valence-corrected chi connectivity index (χ2v) is 6.40. The highest BCUT2D eigenvalue weighted by atomic mass is 16.8. The van der Waals surface area contributed by atoms with Crippen LogP contribution in [0.5, 0.6) is 11.5 Å². The minimum absolute atomic E-state index is 0.0350. The van der Waals surface area contributed by atoms with Crippen molar-refractivity contribution in [3.8, 4) is 11.5 Å². The lowest BCUT2D eigenvalue weighted by atomic mass is 10.2. The molecule has 0 aromatic heterocycles. The molecule has 34 heavy (non-hydrogen) atoms. The molecule has 0 radical (unpaired) electrons. The standard InChI is InChI=1S/C22H28N8O4/c1-4-33-20-13-17(10-11-19(20)32-3)14-25-28-22(31)18(12-16-8-6-5-7-9-16)27-30-26-15-21(23)29-34-24-2/h5-14,24H,4,15H2,1-3H3,(H2,23,29)(H,26,27)(H,28,31)/b18-12+,25-14+. The van der Waals surface area contributed by atoms with Crippen LogP contribution in [0.1, 0.15) is 18.1 Å². The fourth-order valence-electron chi connectivity index (χ4n) is 2.46. The van der Waals surface area contributed by atoms with E-state index in [1.54, 1.807) is 31.4 Å². The highest BCUT2D eigenvalue weighted by molar-refractivity contribution is 5.97. The molecule has 0 atom stereocenters. The first kappa shape index (κ1) is 25.8. The Kier molecular flexibility index (Phi) is 11.1. The van der Waals surface area contributed by atoms with Gasteiger partial charge in [0, 0.05) is 7.05 Å². The minimum Gasteiger partial charge on any atom is -0.493 e. The number of ether oxygens (including phenoxy) is 2. The molecule has 0 bridgehead atoms. The molecule has 0 unspecified atom stereocenters. The van der Waals surface area contributed by atoms with Gasteiger partial charge in [-0.1, -0.05) is 35.6 Å². The second-order valence-electron chi connectivity index (χ2n) is 6.40. The van der Waals surface area contributed by atoms with Crippen molar-refractivity contribution < 1.29 is 19.2 Å². The molecule has 0 aliphatic rings. The Morgan fingerprint density at radius 2 is 1.88 bits per heavy atom. The lowest BCUT2D eigenvalue weighted by Crippen LogP contribution is -2.26. The normalized spacial score (nSPS) is 12.1. The van der Waals surface area contributed by atoms with E-state index in [2.05, 4.69) is 41.9 Å². The van der Waals surface area contributed by atoms with Gasteiger partial charge >= 0.3 is 0 Å². The Morgan fingerprint density at radius 1 is 1.09 bits per heavy atom. The molecule has 12 heteroatoms. The van der Waals surface area contributed by atoms with Crippen LogP contribution in [0.3, 0.4) is 0 Å². The van der Waals surface area contributed by atoms with Crippen LogP contribution in [-0.4, -0.2) is 45.3 Å². The smallest absolute Gasteiger partial charge is 0.289 e. The number of hydroxylamine groups is 1. The summed E-state index contributed by atoms with van der Waals surface area (Å²) in [6, 6.07) is 14.5. The van der Waals surface area contributed by atoms with E-state index in [-0.39, 0.29) is 18.1 Å². The first-order valence-electron chi connectivity index (χ1n) is 10.3. The fourth-order valence-corrected chi connectivity index (χ4v) is 2.46. The zero-order chi connectivity index (χ0) is 24.6. The number of rotatable bonds is 13. The van der Waals surface area contributed by atoms with Gasteiger partial charge in [-0.25, -0.2) is 5.43 Å². The third kappa shape index (κ3) is 8.96. The number of benzene rings is 2. The summed E-state index contributed by atoms with van der Waals surface area (Å²) in [6.45, 7) is 2.33. The molecule has 2 aromatic rings. The summed E-state index contributed by atoms with van der Waals surface area (Å²) >= 11 is 0. The number of hydrazone groups is 1. The second kappa shape index (κ2) is 14.6. The Balaban J connectivity index is 2.09. The van der Waals surface area contributed by atoms with E-state index in [0.717, 1.165) is 5.56 Å². The Morgan fingerprint density at radius 3 is 2.59 bits per heavy atom. The van der Waals surface area contributed by atoms with Gasteiger partial charge in [0.1, 0.15) is 12.2 Å². The molecule has 2 rings (SSSR count). The van der Waals surface area contributed by atoms with Crippen LogP contribution in [0.2, 0.25) is 0 Å². The number of methoxy groups -OCH3 is 1. The fraction of sp³-hybridized carbons (Fsp3) is 0.227. The molecule has 0 aliphatic heterocycles. The number of nitrogens with zero attached hydrogens (tertiary/aromatic N) is 4. The molecule has 0 aliphatic carbocycles. The molecule has 12 nitrogen and oxygen atoms in total. The predicted molar refractivity (Wildman–Crippen MR) is 129 cm³/mol. The molecule has 180 valence electrons. The Labute approximate surface area is 197 Å². The van der Waals surface area contributed by atoms with Gasteiger partial charge in [-0.05, 0) is 47.5 Å². The Bertz CT molecular complexity index is 1040. The number of carbonyl (C=O) groups excluding carboxylic acids is 1. The van der Waals surface area contributed by atoms with Crippen LogP contribution in [0.4, 0.5) is 0 Å². The maximum absolute atomic E-state index is 12.7. The summed E-state index contributed by atoms with van der Waals surface area (Å²) in [6.07, 6.45) is 3.09. The minimum atomic E-state index is -0.530.